The summed E-state index contributed by atoms with van der Waals surface area (Å²) in [4.78, 5) is 72.5. The number of amides is 3. The van der Waals surface area contributed by atoms with Crippen molar-refractivity contribution in [3.63, 3.8) is 0 Å². The number of alkyl carbamates (subject to hydrolysis) is 1. The van der Waals surface area contributed by atoms with Gasteiger partial charge in [0.25, 0.3) is 0 Å². The van der Waals surface area contributed by atoms with Gasteiger partial charge in [-0.1, -0.05) is 153 Å². The van der Waals surface area contributed by atoms with E-state index in [9.17, 15) is 24.0 Å². The van der Waals surface area contributed by atoms with Gasteiger partial charge in [0, 0.05) is 28.6 Å². The number of aromatic nitrogens is 1. The highest BCUT2D eigenvalue weighted by Gasteiger charge is 2.38. The van der Waals surface area contributed by atoms with Gasteiger partial charge in [-0.3, -0.25) is 9.59 Å². The smallest absolute Gasteiger partial charge is 0.408 e. The lowest BCUT2D eigenvalue weighted by Gasteiger charge is -2.30. The largest absolute Gasteiger partial charge is 0.459 e. The van der Waals surface area contributed by atoms with Gasteiger partial charge < -0.3 is 40.9 Å². The van der Waals surface area contributed by atoms with Crippen molar-refractivity contribution < 1.29 is 38.2 Å². The number of nitrogens with two attached hydrogens (primary N) is 1. The molecule has 1 heterocycles. The van der Waals surface area contributed by atoms with Crippen LogP contribution in [0, 0.1) is 17.8 Å². The van der Waals surface area contributed by atoms with Crippen molar-refractivity contribution in [2.75, 3.05) is 0 Å². The van der Waals surface area contributed by atoms with Gasteiger partial charge in [-0.15, -0.1) is 0 Å². The molecule has 6 N–H and O–H groups in total. The zero-order chi connectivity index (χ0) is 49.6. The molecule has 0 aliphatic rings. The van der Waals surface area contributed by atoms with E-state index in [0.29, 0.717) is 6.42 Å². The summed E-state index contributed by atoms with van der Waals surface area (Å²) in [5.74, 6) is -2.89. The minimum Gasteiger partial charge on any atom is -0.459 e. The molecular formula is C53H77N5O8Si. The summed E-state index contributed by atoms with van der Waals surface area (Å²) in [6, 6.07) is 23.6. The first kappa shape index (κ1) is 54.1. The molecule has 0 saturated carbocycles. The van der Waals surface area contributed by atoms with E-state index < -0.39 is 73.6 Å². The Morgan fingerprint density at radius 2 is 1.25 bits per heavy atom. The maximum absolute atomic E-state index is 14.2. The van der Waals surface area contributed by atoms with Gasteiger partial charge in [0.2, 0.25) is 11.8 Å². The maximum atomic E-state index is 14.2. The summed E-state index contributed by atoms with van der Waals surface area (Å²) >= 11 is 0. The number of rotatable bonds is 23. The van der Waals surface area contributed by atoms with Crippen molar-refractivity contribution in [2.45, 2.75) is 163 Å². The SMILES string of the molecule is CC[Si](CC)(CC)c1[nH]c2cc(C(C(C)C)C(N)C(=O)N[C@@H](CC(C)C)C(=O)N[C@H](C(=O)OCc3ccccc3)C(C)C)ccc2c1C[C@H](NC(=O)OCc1ccccc1)C(=O)OC(C)(C)C. The monoisotopic (exact) mass is 940 g/mol. The van der Waals surface area contributed by atoms with E-state index in [1.54, 1.807) is 20.8 Å². The fourth-order valence-electron chi connectivity index (χ4n) is 8.81. The fraction of sp³-hybridized carbons (Fsp3) is 0.528. The molecule has 0 saturated heterocycles. The molecule has 0 bridgehead atoms. The normalized spacial score (nSPS) is 14.3. The average molecular weight is 940 g/mol. The van der Waals surface area contributed by atoms with Crippen molar-refractivity contribution in [3.8, 4) is 0 Å². The number of esters is 2. The first-order valence-electron chi connectivity index (χ1n) is 24.0. The number of carbonyl (C=O) groups is 5. The van der Waals surface area contributed by atoms with E-state index in [2.05, 4.69) is 41.7 Å². The summed E-state index contributed by atoms with van der Waals surface area (Å²) < 4.78 is 17.1. The van der Waals surface area contributed by atoms with Crippen LogP contribution in [-0.2, 0) is 53.0 Å². The van der Waals surface area contributed by atoms with Gasteiger partial charge in [0.1, 0.15) is 45.0 Å². The highest BCUT2D eigenvalue weighted by atomic mass is 28.3. The Hall–Kier alpha value is -5.47. The molecule has 0 fully saturated rings. The zero-order valence-corrected chi connectivity index (χ0v) is 42.9. The van der Waals surface area contributed by atoms with Crippen LogP contribution in [0.1, 0.15) is 118 Å². The average Bonchev–Trinajstić information content (AvgIpc) is 3.64. The van der Waals surface area contributed by atoms with E-state index in [-0.39, 0.29) is 37.4 Å². The lowest BCUT2D eigenvalue weighted by molar-refractivity contribution is -0.157. The molecular weight excluding hydrogens is 863 g/mol. The summed E-state index contributed by atoms with van der Waals surface area (Å²) in [6.45, 7) is 23.7. The Kier molecular flexibility index (Phi) is 19.8. The van der Waals surface area contributed by atoms with E-state index in [1.807, 2.05) is 120 Å². The number of carbonyl (C=O) groups excluding carboxylic acids is 5. The molecule has 2 unspecified atom stereocenters. The Bertz CT molecular complexity index is 2240. The molecule has 67 heavy (non-hydrogen) atoms. The van der Waals surface area contributed by atoms with Gasteiger partial charge >= 0.3 is 18.0 Å². The third-order valence-corrected chi connectivity index (χ3v) is 18.2. The van der Waals surface area contributed by atoms with Gasteiger partial charge in [0.15, 0.2) is 0 Å². The van der Waals surface area contributed by atoms with Gasteiger partial charge in [-0.05, 0) is 73.3 Å². The minimum absolute atomic E-state index is 0.0319. The molecule has 0 aliphatic heterocycles. The standard InChI is InChI=1S/C53H77N5O8Si/c1-13-67(14-2,15-3)49-40(30-43(50(61)66-53(10,11)12)57-52(63)65-32-37-24-20-17-21-25-37)39-27-26-38(29-41(39)56-49)44(34(6)7)45(54)48(60)55-42(28-33(4)5)47(59)58-46(35(8)9)51(62)64-31-36-22-18-16-19-23-36/h16-27,29,33-35,42-46,56H,13-15,28,30-32,54H2,1-12H3,(H,55,60)(H,57,63)(H,58,59)/t42-,43-,44?,45?,46-/m0/s1. The molecule has 3 amide bonds. The number of aromatic amines is 1. The fourth-order valence-corrected chi connectivity index (χ4v) is 12.7. The molecule has 0 radical (unpaired) electrons. The van der Waals surface area contributed by atoms with Crippen LogP contribution in [0.4, 0.5) is 4.79 Å². The third kappa shape index (κ3) is 15.0. The van der Waals surface area contributed by atoms with Gasteiger partial charge in [-0.25, -0.2) is 14.4 Å². The molecule has 4 rings (SSSR count). The summed E-state index contributed by atoms with van der Waals surface area (Å²) in [5.41, 5.74) is 10.4. The predicted octanol–water partition coefficient (Wildman–Crippen LogP) is 8.54. The van der Waals surface area contributed by atoms with Crippen molar-refractivity contribution in [3.05, 3.63) is 101 Å². The van der Waals surface area contributed by atoms with Crippen LogP contribution in [0.15, 0.2) is 78.9 Å². The number of ether oxygens (including phenoxy) is 3. The summed E-state index contributed by atoms with van der Waals surface area (Å²) in [6.07, 6.45) is -0.243. The topological polar surface area (TPSA) is 191 Å². The van der Waals surface area contributed by atoms with Crippen LogP contribution in [0.3, 0.4) is 0 Å². The first-order valence-corrected chi connectivity index (χ1v) is 26.7. The lowest BCUT2D eigenvalue weighted by Crippen LogP contribution is -2.57. The number of H-pyrrole nitrogens is 1. The van der Waals surface area contributed by atoms with Gasteiger partial charge in [0.05, 0.1) is 6.04 Å². The maximum Gasteiger partial charge on any atom is 0.408 e. The molecule has 5 atom stereocenters. The predicted molar refractivity (Wildman–Crippen MR) is 268 cm³/mol. The molecule has 366 valence electrons. The third-order valence-electron chi connectivity index (χ3n) is 12.7. The Morgan fingerprint density at radius 1 is 0.687 bits per heavy atom. The molecule has 0 aliphatic carbocycles. The number of benzene rings is 3. The quantitative estimate of drug-likeness (QED) is 0.0276. The van der Waals surface area contributed by atoms with Crippen molar-refractivity contribution in [1.82, 2.24) is 20.9 Å². The molecule has 13 nitrogen and oxygen atoms in total. The molecule has 14 heteroatoms. The van der Waals surface area contributed by atoms with Crippen LogP contribution in [0.2, 0.25) is 18.1 Å². The summed E-state index contributed by atoms with van der Waals surface area (Å²) in [7, 11) is -2.17. The van der Waals surface area contributed by atoms with E-state index in [4.69, 9.17) is 19.9 Å². The summed E-state index contributed by atoms with van der Waals surface area (Å²) in [5, 5.41) is 10.7. The lowest BCUT2D eigenvalue weighted by atomic mass is 9.81. The van der Waals surface area contributed by atoms with Crippen LogP contribution in [0.25, 0.3) is 10.9 Å². The first-order chi connectivity index (χ1) is 31.6. The highest BCUT2D eigenvalue weighted by Crippen LogP contribution is 2.33. The van der Waals surface area contributed by atoms with E-state index in [1.165, 1.54) is 0 Å². The number of nitrogens with one attached hydrogen (secondary N) is 4. The zero-order valence-electron chi connectivity index (χ0n) is 41.9. The number of hydrogen-bond donors (Lipinski definition) is 5. The Balaban J connectivity index is 1.66. The molecule has 0 spiro atoms. The number of hydrogen-bond acceptors (Lipinski definition) is 9. The minimum atomic E-state index is -2.17. The Labute approximate surface area is 399 Å². The highest BCUT2D eigenvalue weighted by molar-refractivity contribution is 6.91. The van der Waals surface area contributed by atoms with Crippen molar-refractivity contribution in [1.29, 1.82) is 0 Å². The molecule has 1 aromatic heterocycles. The second-order valence-corrected chi connectivity index (χ2v) is 25.1. The number of fused-ring (bicyclic) bond motifs is 1. The van der Waals surface area contributed by atoms with E-state index in [0.717, 1.165) is 56.6 Å². The molecule has 4 aromatic rings. The van der Waals surface area contributed by atoms with Crippen LogP contribution in [0.5, 0.6) is 0 Å². The second-order valence-electron chi connectivity index (χ2n) is 19.9. The second kappa shape index (κ2) is 24.5. The Morgan fingerprint density at radius 3 is 1.76 bits per heavy atom. The van der Waals surface area contributed by atoms with Gasteiger partial charge in [-0.2, -0.15) is 0 Å². The van der Waals surface area contributed by atoms with Crippen LogP contribution in [-0.4, -0.2) is 72.7 Å². The van der Waals surface area contributed by atoms with E-state index >= 15 is 0 Å². The van der Waals surface area contributed by atoms with Crippen LogP contribution < -0.4 is 27.0 Å². The van der Waals surface area contributed by atoms with Crippen LogP contribution >= 0.6 is 0 Å². The molecule has 3 aromatic carbocycles. The van der Waals surface area contributed by atoms with Crippen molar-refractivity contribution >= 4 is 54.1 Å². The van der Waals surface area contributed by atoms with Crippen molar-refractivity contribution in [2.24, 2.45) is 23.5 Å².